The fraction of sp³-hybridized carbons (Fsp3) is 0.240. The Kier molecular flexibility index (Phi) is 7.21. The van der Waals surface area contributed by atoms with Crippen molar-refractivity contribution in [2.45, 2.75) is 19.9 Å². The molecule has 4 rings (SSSR count). The summed E-state index contributed by atoms with van der Waals surface area (Å²) >= 11 is 1.20. The van der Waals surface area contributed by atoms with Gasteiger partial charge in [-0.1, -0.05) is 35.6 Å². The maximum atomic E-state index is 13.6. The number of carbonyl (C=O) groups is 2. The van der Waals surface area contributed by atoms with Gasteiger partial charge in [0.2, 0.25) is 0 Å². The minimum atomic E-state index is -0.872. The summed E-state index contributed by atoms with van der Waals surface area (Å²) in [5.41, 5.74) is 1.43. The Bertz CT molecular complexity index is 1470. The van der Waals surface area contributed by atoms with E-state index in [1.165, 1.54) is 23.0 Å². The second kappa shape index (κ2) is 10.5. The molecule has 3 heterocycles. The first-order chi connectivity index (χ1) is 16.9. The predicted octanol–water partition coefficient (Wildman–Crippen LogP) is 1.75. The van der Waals surface area contributed by atoms with Crippen LogP contribution in [0.2, 0.25) is 0 Å². The lowest BCUT2D eigenvalue weighted by atomic mass is 9.95. The lowest BCUT2D eigenvalue weighted by Crippen LogP contribution is -2.40. The van der Waals surface area contributed by atoms with Crippen LogP contribution in [0.3, 0.4) is 0 Å². The molecular formula is C25H23N3O6S. The summed E-state index contributed by atoms with van der Waals surface area (Å²) in [5.74, 6) is -0.807. The van der Waals surface area contributed by atoms with Crippen molar-refractivity contribution in [3.63, 3.8) is 0 Å². The van der Waals surface area contributed by atoms with Gasteiger partial charge in [0.25, 0.3) is 5.56 Å². The molecule has 180 valence electrons. The van der Waals surface area contributed by atoms with Gasteiger partial charge in [-0.3, -0.25) is 14.3 Å². The number of carbonyl (C=O) groups excluding carboxylic acids is 2. The van der Waals surface area contributed by atoms with E-state index in [9.17, 15) is 14.4 Å². The highest BCUT2D eigenvalue weighted by molar-refractivity contribution is 7.07. The first kappa shape index (κ1) is 24.1. The number of esters is 2. The quantitative estimate of drug-likeness (QED) is 0.461. The summed E-state index contributed by atoms with van der Waals surface area (Å²) in [6, 6.07) is 11.4. The maximum absolute atomic E-state index is 13.6. The number of aromatic nitrogens is 2. The second-order valence-corrected chi connectivity index (χ2v) is 8.47. The Morgan fingerprint density at radius 3 is 2.66 bits per heavy atom. The van der Waals surface area contributed by atoms with Crippen LogP contribution in [-0.2, 0) is 19.1 Å². The van der Waals surface area contributed by atoms with Crippen LogP contribution in [0, 0.1) is 0 Å². The first-order valence-electron chi connectivity index (χ1n) is 10.8. The summed E-state index contributed by atoms with van der Waals surface area (Å²) in [4.78, 5) is 47.6. The number of ether oxygens (including phenoxy) is 3. The van der Waals surface area contributed by atoms with Gasteiger partial charge in [-0.15, -0.1) is 0 Å². The lowest BCUT2D eigenvalue weighted by molar-refractivity contribution is -0.145. The molecule has 0 radical (unpaired) electrons. The van der Waals surface area contributed by atoms with Crippen molar-refractivity contribution in [3.05, 3.63) is 90.9 Å². The van der Waals surface area contributed by atoms with Crippen molar-refractivity contribution >= 4 is 29.4 Å². The van der Waals surface area contributed by atoms with Gasteiger partial charge in [-0.25, -0.2) is 14.6 Å². The molecule has 1 aliphatic heterocycles. The van der Waals surface area contributed by atoms with Crippen LogP contribution in [0.25, 0.3) is 6.08 Å². The highest BCUT2D eigenvalue weighted by atomic mass is 32.1. The van der Waals surface area contributed by atoms with Crippen LogP contribution in [0.4, 0.5) is 0 Å². The molecule has 10 heteroatoms. The lowest BCUT2D eigenvalue weighted by Gasteiger charge is -2.26. The molecule has 0 saturated carbocycles. The van der Waals surface area contributed by atoms with Crippen LogP contribution in [-0.4, -0.2) is 41.8 Å². The van der Waals surface area contributed by atoms with E-state index >= 15 is 0 Å². The van der Waals surface area contributed by atoms with Gasteiger partial charge in [-0.05, 0) is 38.1 Å². The summed E-state index contributed by atoms with van der Waals surface area (Å²) in [6.45, 7) is 3.31. The monoisotopic (exact) mass is 493 g/mol. The Hall–Kier alpha value is -4.05. The normalized spacial score (nSPS) is 15.3. The third-order valence-corrected chi connectivity index (χ3v) is 6.24. The molecule has 35 heavy (non-hydrogen) atoms. The molecule has 2 aromatic heterocycles. The van der Waals surface area contributed by atoms with Crippen molar-refractivity contribution < 1.29 is 23.8 Å². The summed E-state index contributed by atoms with van der Waals surface area (Å²) in [6.07, 6.45) is 3.32. The number of benzene rings is 1. The molecule has 0 amide bonds. The number of rotatable bonds is 7. The smallest absolute Gasteiger partial charge is 0.344 e. The van der Waals surface area contributed by atoms with Gasteiger partial charge in [-0.2, -0.15) is 0 Å². The van der Waals surface area contributed by atoms with Crippen molar-refractivity contribution in [2.75, 3.05) is 20.3 Å². The van der Waals surface area contributed by atoms with Gasteiger partial charge in [0.05, 0.1) is 35.2 Å². The minimum Gasteiger partial charge on any atom is -0.482 e. The van der Waals surface area contributed by atoms with Gasteiger partial charge < -0.3 is 14.2 Å². The summed E-state index contributed by atoms with van der Waals surface area (Å²) in [7, 11) is 1.27. The largest absolute Gasteiger partial charge is 0.482 e. The Morgan fingerprint density at radius 1 is 1.17 bits per heavy atom. The van der Waals surface area contributed by atoms with Crippen LogP contribution in [0.15, 0.2) is 69.7 Å². The van der Waals surface area contributed by atoms with Gasteiger partial charge >= 0.3 is 11.9 Å². The van der Waals surface area contributed by atoms with Crippen molar-refractivity contribution in [2.24, 2.45) is 4.99 Å². The Balaban J connectivity index is 1.90. The van der Waals surface area contributed by atoms with E-state index in [2.05, 4.69) is 9.98 Å². The summed E-state index contributed by atoms with van der Waals surface area (Å²) < 4.78 is 17.6. The fourth-order valence-corrected chi connectivity index (χ4v) is 4.79. The first-order valence-corrected chi connectivity index (χ1v) is 11.7. The molecule has 0 fully saturated rings. The molecule has 1 aliphatic rings. The molecular weight excluding hydrogens is 470 g/mol. The third-order valence-electron chi connectivity index (χ3n) is 5.26. The fourth-order valence-electron chi connectivity index (χ4n) is 3.76. The van der Waals surface area contributed by atoms with Gasteiger partial charge in [0.1, 0.15) is 11.8 Å². The average Bonchev–Trinajstić information content (AvgIpc) is 3.16. The number of nitrogens with zero attached hydrogens (tertiary/aromatic N) is 3. The number of pyridine rings is 1. The minimum absolute atomic E-state index is 0.205. The zero-order valence-corrected chi connectivity index (χ0v) is 20.2. The molecule has 0 spiro atoms. The van der Waals surface area contributed by atoms with E-state index in [1.807, 2.05) is 6.07 Å². The molecule has 9 nitrogen and oxygen atoms in total. The molecule has 0 N–H and O–H groups in total. The van der Waals surface area contributed by atoms with E-state index < -0.39 is 18.0 Å². The maximum Gasteiger partial charge on any atom is 0.344 e. The van der Waals surface area contributed by atoms with E-state index in [0.29, 0.717) is 32.0 Å². The van der Waals surface area contributed by atoms with Crippen LogP contribution in [0.1, 0.15) is 31.1 Å². The number of fused-ring (bicyclic) bond motifs is 1. The number of allylic oxidation sites excluding steroid dienone is 1. The van der Waals surface area contributed by atoms with Crippen LogP contribution in [0.5, 0.6) is 5.75 Å². The third kappa shape index (κ3) is 4.92. The predicted molar refractivity (Wildman–Crippen MR) is 129 cm³/mol. The molecule has 0 aliphatic carbocycles. The second-order valence-electron chi connectivity index (χ2n) is 7.46. The number of thiazole rings is 1. The zero-order valence-electron chi connectivity index (χ0n) is 19.4. The standard InChI is InChI=1S/C25H23N3O6S/c1-4-33-20(29)14-34-18-11-6-5-10-17(18)22-21(24(31)32-3)15(2)27-25-28(22)23(30)19(35-25)13-16-9-7-8-12-26-16/h5-13,22H,4,14H2,1-3H3/b19-13-. The molecule has 1 aromatic carbocycles. The number of methoxy groups -OCH3 is 1. The SMILES string of the molecule is CCOC(=O)COc1ccccc1C1C(C(=O)OC)=C(C)N=c2s/c(=C\c3ccccn3)c(=O)n21. The molecule has 0 bridgehead atoms. The van der Waals surface area contributed by atoms with Crippen LogP contribution >= 0.6 is 11.3 Å². The van der Waals surface area contributed by atoms with Crippen LogP contribution < -0.4 is 19.6 Å². The van der Waals surface area contributed by atoms with Gasteiger partial charge in [0, 0.05) is 11.8 Å². The van der Waals surface area contributed by atoms with Crippen molar-refractivity contribution in [1.29, 1.82) is 0 Å². The van der Waals surface area contributed by atoms with Crippen molar-refractivity contribution in [3.8, 4) is 5.75 Å². The Labute approximate surface area is 204 Å². The number of para-hydroxylation sites is 1. The van der Waals surface area contributed by atoms with Gasteiger partial charge in [0.15, 0.2) is 11.4 Å². The molecule has 1 unspecified atom stereocenters. The molecule has 1 atom stereocenters. The average molecular weight is 494 g/mol. The van der Waals surface area contributed by atoms with E-state index in [0.717, 1.165) is 0 Å². The zero-order chi connectivity index (χ0) is 24.9. The topological polar surface area (TPSA) is 109 Å². The molecule has 0 saturated heterocycles. The molecule has 3 aromatic rings. The van der Waals surface area contributed by atoms with E-state index in [1.54, 1.807) is 62.5 Å². The number of hydrogen-bond donors (Lipinski definition) is 0. The number of hydrogen-bond acceptors (Lipinski definition) is 9. The Morgan fingerprint density at radius 2 is 1.94 bits per heavy atom. The van der Waals surface area contributed by atoms with Crippen molar-refractivity contribution in [1.82, 2.24) is 9.55 Å². The van der Waals surface area contributed by atoms with E-state index in [-0.39, 0.29) is 24.3 Å². The highest BCUT2D eigenvalue weighted by Gasteiger charge is 2.34. The van der Waals surface area contributed by atoms with E-state index in [4.69, 9.17) is 14.2 Å². The summed E-state index contributed by atoms with van der Waals surface area (Å²) in [5, 5.41) is 0. The highest BCUT2D eigenvalue weighted by Crippen LogP contribution is 2.35.